The molecule has 0 N–H and O–H groups in total. The molecule has 72 valence electrons. The monoisotopic (exact) mass is 238 g/mol. The first kappa shape index (κ1) is 11.9. The van der Waals surface area contributed by atoms with Gasteiger partial charge in [0.25, 0.3) is 0 Å². The summed E-state index contributed by atoms with van der Waals surface area (Å²) in [6.07, 6.45) is 3.14. The van der Waals surface area contributed by atoms with Gasteiger partial charge < -0.3 is 9.47 Å². The summed E-state index contributed by atoms with van der Waals surface area (Å²) < 4.78 is 9.60. The van der Waals surface area contributed by atoms with Gasteiger partial charge in [-0.25, -0.2) is 4.79 Å². The summed E-state index contributed by atoms with van der Waals surface area (Å²) in [5.41, 5.74) is 0. The van der Waals surface area contributed by atoms with Crippen molar-refractivity contribution in [2.24, 2.45) is 0 Å². The van der Waals surface area contributed by atoms with Gasteiger partial charge in [-0.15, -0.1) is 0 Å². The molecule has 0 heterocycles. The molecular weight excluding hydrogens is 224 g/mol. The topological polar surface area (TPSA) is 35.5 Å². The normalized spacial score (nSPS) is 12.6. The maximum absolute atomic E-state index is 10.9. The van der Waals surface area contributed by atoms with Crippen LogP contribution in [-0.4, -0.2) is 24.7 Å². The van der Waals surface area contributed by atoms with E-state index in [9.17, 15) is 4.79 Å². The Kier molecular flexibility index (Phi) is 7.50. The average Bonchev–Trinajstić information content (AvgIpc) is 2.10. The highest BCUT2D eigenvalue weighted by Gasteiger charge is 2.13. The number of hydrogen-bond acceptors (Lipinski definition) is 3. The Balaban J connectivity index is 3.31. The molecule has 0 aromatic heterocycles. The van der Waals surface area contributed by atoms with Gasteiger partial charge in [0.1, 0.15) is 0 Å². The van der Waals surface area contributed by atoms with Gasteiger partial charge in [-0.05, 0) is 22.4 Å². The second kappa shape index (κ2) is 7.55. The number of methoxy groups -OCH3 is 1. The lowest BCUT2D eigenvalue weighted by atomic mass is 10.3. The van der Waals surface area contributed by atoms with Crippen molar-refractivity contribution in [3.05, 3.63) is 0 Å². The van der Waals surface area contributed by atoms with Crippen molar-refractivity contribution in [1.82, 2.24) is 0 Å². The lowest BCUT2D eigenvalue weighted by molar-refractivity contribution is -0.149. The zero-order chi connectivity index (χ0) is 9.40. The highest BCUT2D eigenvalue weighted by molar-refractivity contribution is 9.09. The van der Waals surface area contributed by atoms with Crippen LogP contribution in [0.5, 0.6) is 0 Å². The number of esters is 1. The van der Waals surface area contributed by atoms with Crippen LogP contribution in [0.3, 0.4) is 0 Å². The summed E-state index contributed by atoms with van der Waals surface area (Å²) >= 11 is 3.01. The summed E-state index contributed by atoms with van der Waals surface area (Å²) in [5, 5.41) is -0.626. The molecule has 0 aromatic carbocycles. The molecule has 0 saturated carbocycles. The predicted molar refractivity (Wildman–Crippen MR) is 50.2 cm³/mol. The molecule has 0 saturated heterocycles. The van der Waals surface area contributed by atoms with E-state index in [1.165, 1.54) is 7.11 Å². The number of unbranched alkanes of at least 4 members (excludes halogenated alkanes) is 2. The van der Waals surface area contributed by atoms with Gasteiger partial charge in [-0.3, -0.25) is 0 Å². The van der Waals surface area contributed by atoms with E-state index in [-0.39, 0.29) is 5.97 Å². The first-order valence-electron chi connectivity index (χ1n) is 4.05. The fourth-order valence-corrected chi connectivity index (χ4v) is 0.819. The molecule has 1 unspecified atom stereocenters. The average molecular weight is 239 g/mol. The van der Waals surface area contributed by atoms with E-state index in [1.54, 1.807) is 0 Å². The summed E-state index contributed by atoms with van der Waals surface area (Å²) in [4.78, 5) is 10.9. The third-order valence-electron chi connectivity index (χ3n) is 1.38. The third kappa shape index (κ3) is 5.55. The minimum atomic E-state index is -0.626. The molecule has 0 spiro atoms. The number of carbonyl (C=O) groups is 1. The Morgan fingerprint density at radius 2 is 2.17 bits per heavy atom. The van der Waals surface area contributed by atoms with Gasteiger partial charge in [-0.1, -0.05) is 19.8 Å². The molecule has 0 rings (SSSR count). The zero-order valence-corrected chi connectivity index (χ0v) is 9.09. The molecule has 1 atom stereocenters. The van der Waals surface area contributed by atoms with Crippen LogP contribution in [-0.2, 0) is 14.3 Å². The van der Waals surface area contributed by atoms with Crippen molar-refractivity contribution in [3.8, 4) is 0 Å². The maximum atomic E-state index is 10.9. The van der Waals surface area contributed by atoms with Crippen molar-refractivity contribution in [2.75, 3.05) is 13.7 Å². The van der Waals surface area contributed by atoms with Crippen LogP contribution in [0.1, 0.15) is 26.2 Å². The molecule has 0 aromatic rings. The van der Waals surface area contributed by atoms with Crippen molar-refractivity contribution < 1.29 is 14.3 Å². The standard InChI is InChI=1S/C8H15BrO3/c1-3-4-5-6-12-8(10)7(9)11-2/h7H,3-6H2,1-2H3. The molecule has 0 radical (unpaired) electrons. The molecule has 0 amide bonds. The van der Waals surface area contributed by atoms with Crippen LogP contribution >= 0.6 is 15.9 Å². The Morgan fingerprint density at radius 1 is 1.50 bits per heavy atom. The van der Waals surface area contributed by atoms with Crippen molar-refractivity contribution in [2.45, 2.75) is 31.2 Å². The van der Waals surface area contributed by atoms with E-state index in [4.69, 9.17) is 9.47 Å². The lowest BCUT2D eigenvalue weighted by Gasteiger charge is -2.07. The second-order valence-electron chi connectivity index (χ2n) is 2.43. The third-order valence-corrected chi connectivity index (χ3v) is 2.13. The van der Waals surface area contributed by atoms with E-state index in [0.29, 0.717) is 6.61 Å². The SMILES string of the molecule is CCCCCOC(=O)C(Br)OC. The quantitative estimate of drug-likeness (QED) is 0.404. The minimum absolute atomic E-state index is 0.353. The van der Waals surface area contributed by atoms with Crippen LogP contribution in [0.25, 0.3) is 0 Å². The first-order valence-corrected chi connectivity index (χ1v) is 4.97. The molecule has 0 fully saturated rings. The van der Waals surface area contributed by atoms with E-state index in [1.807, 2.05) is 0 Å². The van der Waals surface area contributed by atoms with Crippen molar-refractivity contribution in [1.29, 1.82) is 0 Å². The number of hydrogen-bond donors (Lipinski definition) is 0. The predicted octanol–water partition coefficient (Wildman–Crippen LogP) is 2.09. The van der Waals surface area contributed by atoms with Gasteiger partial charge in [0.05, 0.1) is 6.61 Å². The summed E-state index contributed by atoms with van der Waals surface area (Å²) in [7, 11) is 1.45. The maximum Gasteiger partial charge on any atom is 0.346 e. The Hall–Kier alpha value is -0.0900. The van der Waals surface area contributed by atoms with Gasteiger partial charge in [0.15, 0.2) is 0 Å². The number of carbonyl (C=O) groups excluding carboxylic acids is 1. The van der Waals surface area contributed by atoms with Crippen LogP contribution in [0.15, 0.2) is 0 Å². The molecule has 3 nitrogen and oxygen atoms in total. The molecule has 0 aliphatic carbocycles. The Bertz CT molecular complexity index is 127. The number of alkyl halides is 1. The number of ether oxygens (including phenoxy) is 2. The van der Waals surface area contributed by atoms with Gasteiger partial charge in [0, 0.05) is 7.11 Å². The van der Waals surface area contributed by atoms with Crippen LogP contribution < -0.4 is 0 Å². The summed E-state index contributed by atoms with van der Waals surface area (Å²) in [6, 6.07) is 0. The molecule has 0 bridgehead atoms. The number of halogens is 1. The van der Waals surface area contributed by atoms with E-state index >= 15 is 0 Å². The minimum Gasteiger partial charge on any atom is -0.463 e. The van der Waals surface area contributed by atoms with Gasteiger partial charge in [0.2, 0.25) is 5.01 Å². The van der Waals surface area contributed by atoms with Crippen molar-refractivity contribution >= 4 is 21.9 Å². The van der Waals surface area contributed by atoms with Crippen molar-refractivity contribution in [3.63, 3.8) is 0 Å². The second-order valence-corrected chi connectivity index (χ2v) is 3.26. The molecule has 12 heavy (non-hydrogen) atoms. The zero-order valence-electron chi connectivity index (χ0n) is 7.51. The van der Waals surface area contributed by atoms with E-state index in [2.05, 4.69) is 22.9 Å². The first-order chi connectivity index (χ1) is 5.72. The van der Waals surface area contributed by atoms with Gasteiger partial charge in [-0.2, -0.15) is 0 Å². The Labute approximate surface area is 81.6 Å². The Morgan fingerprint density at radius 3 is 2.67 bits per heavy atom. The smallest absolute Gasteiger partial charge is 0.346 e. The summed E-state index contributed by atoms with van der Waals surface area (Å²) in [6.45, 7) is 2.59. The molecular formula is C8H15BrO3. The highest BCUT2D eigenvalue weighted by atomic mass is 79.9. The largest absolute Gasteiger partial charge is 0.463 e. The van der Waals surface area contributed by atoms with Crippen LogP contribution in [0, 0.1) is 0 Å². The molecule has 0 aliphatic rings. The van der Waals surface area contributed by atoms with E-state index < -0.39 is 5.01 Å². The highest BCUT2D eigenvalue weighted by Crippen LogP contribution is 2.03. The number of rotatable bonds is 6. The van der Waals surface area contributed by atoms with Crippen LogP contribution in [0.4, 0.5) is 0 Å². The lowest BCUT2D eigenvalue weighted by Crippen LogP contribution is -2.19. The summed E-state index contributed by atoms with van der Waals surface area (Å²) in [5.74, 6) is -0.353. The fraction of sp³-hybridized carbons (Fsp3) is 0.875. The van der Waals surface area contributed by atoms with E-state index in [0.717, 1.165) is 19.3 Å². The van der Waals surface area contributed by atoms with Gasteiger partial charge >= 0.3 is 5.97 Å². The fourth-order valence-electron chi connectivity index (χ4n) is 0.687. The molecule has 0 aliphatic heterocycles. The van der Waals surface area contributed by atoms with Crippen LogP contribution in [0.2, 0.25) is 0 Å². The molecule has 4 heteroatoms.